The molecule has 2 aromatic rings. The molecule has 96 valence electrons. The highest BCUT2D eigenvalue weighted by molar-refractivity contribution is 5.48. The number of pyridine rings is 1. The fraction of sp³-hybridized carbons (Fsp3) is 0.143. The Bertz CT molecular complexity index is 620. The van der Waals surface area contributed by atoms with E-state index >= 15 is 0 Å². The van der Waals surface area contributed by atoms with Gasteiger partial charge in [0.25, 0.3) is 0 Å². The van der Waals surface area contributed by atoms with Crippen LogP contribution in [0.3, 0.4) is 0 Å². The molecule has 2 rings (SSSR count). The summed E-state index contributed by atoms with van der Waals surface area (Å²) in [6.07, 6.45) is 3.00. The Hall–Kier alpha value is -2.58. The predicted octanol–water partition coefficient (Wildman–Crippen LogP) is 2.25. The number of aromatic nitrogens is 1. The molecule has 0 fully saturated rings. The van der Waals surface area contributed by atoms with E-state index in [0.717, 1.165) is 5.56 Å². The second kappa shape index (κ2) is 5.85. The Kier molecular flexibility index (Phi) is 3.96. The quantitative estimate of drug-likeness (QED) is 0.907. The molecule has 0 aliphatic rings. The van der Waals surface area contributed by atoms with Gasteiger partial charge in [-0.25, -0.2) is 0 Å². The molecule has 5 heteroatoms. The summed E-state index contributed by atoms with van der Waals surface area (Å²) in [5.74, 6) is 1.31. The Labute approximate surface area is 110 Å². The van der Waals surface area contributed by atoms with Crippen LogP contribution in [0.15, 0.2) is 36.7 Å². The van der Waals surface area contributed by atoms with Gasteiger partial charge in [-0.2, -0.15) is 5.26 Å². The minimum absolute atomic E-state index is 0.0764. The Balaban J connectivity index is 2.36. The molecule has 0 amide bonds. The van der Waals surface area contributed by atoms with Crippen LogP contribution in [0.4, 0.5) is 0 Å². The number of benzene rings is 1. The molecule has 0 saturated heterocycles. The van der Waals surface area contributed by atoms with Crippen LogP contribution in [-0.4, -0.2) is 17.2 Å². The third kappa shape index (κ3) is 2.81. The van der Waals surface area contributed by atoms with Crippen molar-refractivity contribution in [2.75, 3.05) is 7.11 Å². The van der Waals surface area contributed by atoms with E-state index in [1.165, 1.54) is 19.5 Å². The molecule has 0 atom stereocenters. The second-order valence-corrected chi connectivity index (χ2v) is 3.73. The van der Waals surface area contributed by atoms with Crippen LogP contribution in [0.1, 0.15) is 11.1 Å². The van der Waals surface area contributed by atoms with Crippen molar-refractivity contribution in [3.05, 3.63) is 47.8 Å². The van der Waals surface area contributed by atoms with Gasteiger partial charge in [0.2, 0.25) is 0 Å². The van der Waals surface area contributed by atoms with Gasteiger partial charge in [-0.15, -0.1) is 0 Å². The van der Waals surface area contributed by atoms with Gasteiger partial charge >= 0.3 is 0 Å². The lowest BCUT2D eigenvalue weighted by atomic mass is 10.2. The normalized spacial score (nSPS) is 9.74. The lowest BCUT2D eigenvalue weighted by molar-refractivity contribution is 0.280. The third-order valence-electron chi connectivity index (χ3n) is 2.54. The third-order valence-corrected chi connectivity index (χ3v) is 2.54. The Morgan fingerprint density at radius 1 is 1.26 bits per heavy atom. The maximum Gasteiger partial charge on any atom is 0.169 e. The van der Waals surface area contributed by atoms with Crippen molar-refractivity contribution in [3.63, 3.8) is 0 Å². The standard InChI is InChI=1S/C14H12N2O3/c1-18-13-6-10(9-17)2-3-12(13)19-14-8-16-5-4-11(14)7-15/h2-6,8,17H,9H2,1H3. The highest BCUT2D eigenvalue weighted by Gasteiger charge is 2.09. The first kappa shape index (κ1) is 12.9. The zero-order valence-electron chi connectivity index (χ0n) is 10.3. The van der Waals surface area contributed by atoms with Gasteiger partial charge in [0.05, 0.1) is 25.5 Å². The maximum absolute atomic E-state index is 9.07. The highest BCUT2D eigenvalue weighted by Crippen LogP contribution is 2.33. The SMILES string of the molecule is COc1cc(CO)ccc1Oc1cnccc1C#N. The van der Waals surface area contributed by atoms with Crippen LogP contribution in [0, 0.1) is 11.3 Å². The summed E-state index contributed by atoms with van der Waals surface area (Å²) < 4.78 is 10.8. The summed E-state index contributed by atoms with van der Waals surface area (Å²) >= 11 is 0. The molecule has 1 aromatic carbocycles. The fourth-order valence-electron chi connectivity index (χ4n) is 1.57. The van der Waals surface area contributed by atoms with E-state index in [4.69, 9.17) is 19.8 Å². The fourth-order valence-corrected chi connectivity index (χ4v) is 1.57. The number of ether oxygens (including phenoxy) is 2. The van der Waals surface area contributed by atoms with Crippen molar-refractivity contribution in [3.8, 4) is 23.3 Å². The summed E-state index contributed by atoms with van der Waals surface area (Å²) in [6.45, 7) is -0.0764. The maximum atomic E-state index is 9.07. The molecule has 0 bridgehead atoms. The number of hydrogen-bond donors (Lipinski definition) is 1. The number of nitrogens with zero attached hydrogens (tertiary/aromatic N) is 2. The van der Waals surface area contributed by atoms with Crippen molar-refractivity contribution in [2.24, 2.45) is 0 Å². The molecule has 5 nitrogen and oxygen atoms in total. The first-order valence-electron chi connectivity index (χ1n) is 5.58. The first-order chi connectivity index (χ1) is 9.28. The minimum atomic E-state index is -0.0764. The van der Waals surface area contributed by atoms with E-state index in [1.807, 2.05) is 6.07 Å². The van der Waals surface area contributed by atoms with Crippen LogP contribution < -0.4 is 9.47 Å². The van der Waals surface area contributed by atoms with Gasteiger partial charge in [-0.3, -0.25) is 4.98 Å². The number of rotatable bonds is 4. The molecule has 1 heterocycles. The molecule has 0 radical (unpaired) electrons. The summed E-state index contributed by atoms with van der Waals surface area (Å²) in [6, 6.07) is 8.68. The monoisotopic (exact) mass is 256 g/mol. The molecule has 0 aliphatic heterocycles. The van der Waals surface area contributed by atoms with Gasteiger partial charge in [-0.1, -0.05) is 6.07 Å². The molecular weight excluding hydrogens is 244 g/mol. The lowest BCUT2D eigenvalue weighted by Gasteiger charge is -2.11. The summed E-state index contributed by atoms with van der Waals surface area (Å²) in [5.41, 5.74) is 1.11. The van der Waals surface area contributed by atoms with Crippen molar-refractivity contribution >= 4 is 0 Å². The second-order valence-electron chi connectivity index (χ2n) is 3.73. The van der Waals surface area contributed by atoms with E-state index in [9.17, 15) is 0 Å². The van der Waals surface area contributed by atoms with Crippen LogP contribution in [0.2, 0.25) is 0 Å². The first-order valence-corrected chi connectivity index (χ1v) is 5.58. The number of hydrogen-bond acceptors (Lipinski definition) is 5. The summed E-state index contributed by atoms with van der Waals surface area (Å²) in [7, 11) is 1.51. The van der Waals surface area contributed by atoms with E-state index in [0.29, 0.717) is 22.8 Å². The molecule has 1 aromatic heterocycles. The molecule has 19 heavy (non-hydrogen) atoms. The Morgan fingerprint density at radius 3 is 2.79 bits per heavy atom. The van der Waals surface area contributed by atoms with Gasteiger partial charge in [0.15, 0.2) is 17.2 Å². The molecule has 0 unspecified atom stereocenters. The van der Waals surface area contributed by atoms with Crippen LogP contribution in [-0.2, 0) is 6.61 Å². The topological polar surface area (TPSA) is 75.4 Å². The molecule has 0 saturated carbocycles. The molecule has 1 N–H and O–H groups in total. The van der Waals surface area contributed by atoms with Gasteiger partial charge in [0.1, 0.15) is 6.07 Å². The number of nitriles is 1. The average Bonchev–Trinajstić information content (AvgIpc) is 2.48. The zero-order chi connectivity index (χ0) is 13.7. The van der Waals surface area contributed by atoms with E-state index < -0.39 is 0 Å². The number of aliphatic hydroxyl groups is 1. The largest absolute Gasteiger partial charge is 0.493 e. The molecular formula is C14H12N2O3. The lowest BCUT2D eigenvalue weighted by Crippen LogP contribution is -1.94. The zero-order valence-corrected chi connectivity index (χ0v) is 10.3. The van der Waals surface area contributed by atoms with E-state index in [2.05, 4.69) is 4.98 Å². The van der Waals surface area contributed by atoms with Crippen molar-refractivity contribution < 1.29 is 14.6 Å². The van der Waals surface area contributed by atoms with Crippen molar-refractivity contribution in [1.82, 2.24) is 4.98 Å². The average molecular weight is 256 g/mol. The van der Waals surface area contributed by atoms with Crippen molar-refractivity contribution in [2.45, 2.75) is 6.61 Å². The van der Waals surface area contributed by atoms with Crippen molar-refractivity contribution in [1.29, 1.82) is 5.26 Å². The number of methoxy groups -OCH3 is 1. The van der Waals surface area contributed by atoms with Crippen LogP contribution in [0.25, 0.3) is 0 Å². The molecule has 0 aliphatic carbocycles. The summed E-state index contributed by atoms with van der Waals surface area (Å²) in [5, 5.41) is 18.1. The minimum Gasteiger partial charge on any atom is -0.493 e. The van der Waals surface area contributed by atoms with E-state index in [-0.39, 0.29) is 6.61 Å². The summed E-state index contributed by atoms with van der Waals surface area (Å²) in [4.78, 5) is 3.92. The van der Waals surface area contributed by atoms with Gasteiger partial charge in [0, 0.05) is 6.20 Å². The smallest absolute Gasteiger partial charge is 0.169 e. The van der Waals surface area contributed by atoms with Gasteiger partial charge < -0.3 is 14.6 Å². The van der Waals surface area contributed by atoms with Crippen LogP contribution in [0.5, 0.6) is 17.2 Å². The number of aliphatic hydroxyl groups excluding tert-OH is 1. The highest BCUT2D eigenvalue weighted by atomic mass is 16.5. The van der Waals surface area contributed by atoms with E-state index in [1.54, 1.807) is 24.3 Å². The van der Waals surface area contributed by atoms with Gasteiger partial charge in [-0.05, 0) is 23.8 Å². The predicted molar refractivity (Wildman–Crippen MR) is 67.9 cm³/mol. The Morgan fingerprint density at radius 2 is 2.11 bits per heavy atom. The van der Waals surface area contributed by atoms with Crippen LogP contribution >= 0.6 is 0 Å². The molecule has 0 spiro atoms.